The van der Waals surface area contributed by atoms with Crippen LogP contribution in [0.15, 0.2) is 41.1 Å². The lowest BCUT2D eigenvalue weighted by Crippen LogP contribution is -2.27. The Balaban J connectivity index is 1.77. The average Bonchev–Trinajstić information content (AvgIpc) is 3.34. The minimum Gasteiger partial charge on any atom is -0.490 e. The number of rotatable bonds is 11. The maximum absolute atomic E-state index is 15.4. The molecule has 1 aliphatic heterocycles. The Kier molecular flexibility index (Phi) is 10.4. The number of carbonyl (C=O) groups is 2. The molecule has 2 aromatic rings. The number of aliphatic imine (C=N–C) groups is 1. The highest BCUT2D eigenvalue weighted by atomic mass is 32.2. The lowest BCUT2D eigenvalue weighted by molar-refractivity contribution is -0.135. The van der Waals surface area contributed by atoms with Crippen LogP contribution in [0.4, 0.5) is 13.2 Å². The molecular formula is C27H29F3N2O5S. The second-order valence-corrected chi connectivity index (χ2v) is 9.57. The number of hydrogen-bond donors (Lipinski definition) is 2. The van der Waals surface area contributed by atoms with E-state index in [0.29, 0.717) is 29.4 Å². The first kappa shape index (κ1) is 29.2. The standard InChI is InChI=1S/C27H29F3N2O5S/c1-4-5-6-10-22(36-2)17-9-7-8-16(24(17)30)21-14-38-27(31-21)32-25(33)15-11-19(28)18(20(29)12-15)13-23(37-3)26(34)35/h7-9,11-13,21-22H,4-6,10,14H2,1-3H3,(H,34,35)(H,31,32,33)/b23-13-. The molecule has 0 saturated carbocycles. The second kappa shape index (κ2) is 13.5. The summed E-state index contributed by atoms with van der Waals surface area (Å²) in [4.78, 5) is 28.1. The zero-order chi connectivity index (χ0) is 27.8. The minimum absolute atomic E-state index is 0.188. The summed E-state index contributed by atoms with van der Waals surface area (Å²) in [5.41, 5.74) is -0.162. The summed E-state index contributed by atoms with van der Waals surface area (Å²) in [6, 6.07) is 6.08. The van der Waals surface area contributed by atoms with Gasteiger partial charge in [0.25, 0.3) is 5.91 Å². The zero-order valence-electron chi connectivity index (χ0n) is 21.2. The van der Waals surface area contributed by atoms with Gasteiger partial charge in [-0.25, -0.2) is 18.0 Å². The number of benzene rings is 2. The lowest BCUT2D eigenvalue weighted by Gasteiger charge is -2.19. The van der Waals surface area contributed by atoms with Crippen LogP contribution in [0.5, 0.6) is 0 Å². The second-order valence-electron chi connectivity index (χ2n) is 8.56. The number of aliphatic carboxylic acids is 1. The fraction of sp³-hybridized carbons (Fsp3) is 0.370. The van der Waals surface area contributed by atoms with E-state index in [1.807, 2.05) is 0 Å². The van der Waals surface area contributed by atoms with Crippen LogP contribution in [0, 0.1) is 17.5 Å². The van der Waals surface area contributed by atoms with Crippen molar-refractivity contribution in [2.45, 2.75) is 44.8 Å². The van der Waals surface area contributed by atoms with Crippen molar-refractivity contribution in [3.63, 3.8) is 0 Å². The van der Waals surface area contributed by atoms with E-state index in [0.717, 1.165) is 38.5 Å². The maximum atomic E-state index is 15.4. The number of carbonyl (C=O) groups excluding carboxylic acids is 1. The molecule has 0 saturated heterocycles. The Labute approximate surface area is 223 Å². The third kappa shape index (κ3) is 6.96. The highest BCUT2D eigenvalue weighted by molar-refractivity contribution is 8.14. The largest absolute Gasteiger partial charge is 0.490 e. The summed E-state index contributed by atoms with van der Waals surface area (Å²) >= 11 is 1.18. The highest BCUT2D eigenvalue weighted by Crippen LogP contribution is 2.35. The van der Waals surface area contributed by atoms with E-state index < -0.39 is 46.7 Å². The normalized spacial score (nSPS) is 16.2. The number of nitrogens with zero attached hydrogens (tertiary/aromatic N) is 1. The number of hydrogen-bond acceptors (Lipinski definition) is 6. The van der Waals surface area contributed by atoms with E-state index in [1.165, 1.54) is 11.8 Å². The molecule has 0 aromatic heterocycles. The summed E-state index contributed by atoms with van der Waals surface area (Å²) in [6.07, 6.45) is 3.99. The number of carboxylic acids is 1. The highest BCUT2D eigenvalue weighted by Gasteiger charge is 2.27. The van der Waals surface area contributed by atoms with Crippen molar-refractivity contribution in [2.24, 2.45) is 4.99 Å². The fourth-order valence-corrected chi connectivity index (χ4v) is 4.95. The molecule has 1 amide bonds. The van der Waals surface area contributed by atoms with E-state index in [4.69, 9.17) is 9.84 Å². The molecule has 1 aliphatic rings. The minimum atomic E-state index is -1.50. The van der Waals surface area contributed by atoms with E-state index in [2.05, 4.69) is 22.0 Å². The van der Waals surface area contributed by atoms with Crippen molar-refractivity contribution in [3.8, 4) is 0 Å². The first-order chi connectivity index (χ1) is 18.2. The molecular weight excluding hydrogens is 521 g/mol. The van der Waals surface area contributed by atoms with Gasteiger partial charge in [-0.1, -0.05) is 56.1 Å². The average molecular weight is 551 g/mol. The Morgan fingerprint density at radius 3 is 2.53 bits per heavy atom. The van der Waals surface area contributed by atoms with E-state index in [1.54, 1.807) is 25.3 Å². The SMILES string of the molecule is CCCCCC(OC)c1cccc(C2CSC(NC(=O)c3cc(F)c(/C=C(\OC)C(=O)O)c(F)c3)=N2)c1F. The van der Waals surface area contributed by atoms with Crippen LogP contribution in [-0.4, -0.2) is 42.1 Å². The molecule has 0 aliphatic carbocycles. The molecule has 7 nitrogen and oxygen atoms in total. The van der Waals surface area contributed by atoms with Crippen molar-refractivity contribution in [1.82, 2.24) is 5.32 Å². The number of carboxylic acid groups (broad SMARTS) is 1. The molecule has 0 spiro atoms. The van der Waals surface area contributed by atoms with Gasteiger partial charge in [0, 0.05) is 41.2 Å². The van der Waals surface area contributed by atoms with Crippen molar-refractivity contribution >= 4 is 34.9 Å². The van der Waals surface area contributed by atoms with Crippen LogP contribution in [0.3, 0.4) is 0 Å². The van der Waals surface area contributed by atoms with Crippen LogP contribution in [0.2, 0.25) is 0 Å². The molecule has 204 valence electrons. The number of unbranched alkanes of at least 4 members (excludes halogenated alkanes) is 2. The molecule has 11 heteroatoms. The molecule has 0 bridgehead atoms. The van der Waals surface area contributed by atoms with Gasteiger partial charge in [-0.2, -0.15) is 0 Å². The van der Waals surface area contributed by atoms with Crippen molar-refractivity contribution in [2.75, 3.05) is 20.0 Å². The zero-order valence-corrected chi connectivity index (χ0v) is 22.0. The predicted molar refractivity (Wildman–Crippen MR) is 139 cm³/mol. The van der Waals surface area contributed by atoms with Crippen LogP contribution >= 0.6 is 11.8 Å². The fourth-order valence-electron chi connectivity index (χ4n) is 4.02. The molecule has 38 heavy (non-hydrogen) atoms. The topological polar surface area (TPSA) is 97.2 Å². The monoisotopic (exact) mass is 550 g/mol. The Morgan fingerprint density at radius 2 is 1.92 bits per heavy atom. The van der Waals surface area contributed by atoms with Crippen molar-refractivity contribution < 1.29 is 37.3 Å². The molecule has 2 unspecified atom stereocenters. The van der Waals surface area contributed by atoms with Gasteiger partial charge < -0.3 is 19.9 Å². The number of thioether (sulfide) groups is 1. The van der Waals surface area contributed by atoms with Crippen LogP contribution < -0.4 is 5.32 Å². The third-order valence-corrected chi connectivity index (χ3v) is 7.00. The molecule has 3 rings (SSSR count). The van der Waals surface area contributed by atoms with Gasteiger partial charge in [0.15, 0.2) is 5.17 Å². The summed E-state index contributed by atoms with van der Waals surface area (Å²) in [5, 5.41) is 11.7. The molecule has 1 heterocycles. The Morgan fingerprint density at radius 1 is 1.21 bits per heavy atom. The van der Waals surface area contributed by atoms with Crippen molar-refractivity contribution in [3.05, 3.63) is 75.8 Å². The van der Waals surface area contributed by atoms with Gasteiger partial charge >= 0.3 is 5.97 Å². The quantitative estimate of drug-likeness (QED) is 0.202. The van der Waals surface area contributed by atoms with Gasteiger partial charge in [0.05, 0.1) is 19.3 Å². The van der Waals surface area contributed by atoms with Gasteiger partial charge in [-0.15, -0.1) is 0 Å². The summed E-state index contributed by atoms with van der Waals surface area (Å²) in [6.45, 7) is 2.09. The van der Waals surface area contributed by atoms with E-state index in [9.17, 15) is 18.4 Å². The lowest BCUT2D eigenvalue weighted by atomic mass is 9.97. The Hall–Kier alpha value is -3.31. The number of methoxy groups -OCH3 is 2. The summed E-state index contributed by atoms with van der Waals surface area (Å²) in [5.74, 6) is -5.31. The molecule has 2 N–H and O–H groups in total. The maximum Gasteiger partial charge on any atom is 0.371 e. The van der Waals surface area contributed by atoms with E-state index in [-0.39, 0.29) is 16.8 Å². The number of halogens is 3. The van der Waals surface area contributed by atoms with Gasteiger partial charge in [0.1, 0.15) is 17.5 Å². The third-order valence-electron chi connectivity index (χ3n) is 6.04. The van der Waals surface area contributed by atoms with Gasteiger partial charge in [-0.05, 0) is 18.6 Å². The number of amidine groups is 1. The molecule has 0 radical (unpaired) electrons. The first-order valence-electron chi connectivity index (χ1n) is 12.0. The molecule has 2 aromatic carbocycles. The predicted octanol–water partition coefficient (Wildman–Crippen LogP) is 6.02. The van der Waals surface area contributed by atoms with Gasteiger partial charge in [0.2, 0.25) is 5.76 Å². The number of nitrogens with one attached hydrogen (secondary N) is 1. The Bertz CT molecular complexity index is 1230. The first-order valence-corrected chi connectivity index (χ1v) is 13.0. The van der Waals surface area contributed by atoms with Crippen molar-refractivity contribution in [1.29, 1.82) is 0 Å². The number of amides is 1. The summed E-state index contributed by atoms with van der Waals surface area (Å²) in [7, 11) is 2.60. The number of ether oxygens (including phenoxy) is 2. The molecule has 0 fully saturated rings. The molecule has 2 atom stereocenters. The van der Waals surface area contributed by atoms with Crippen LogP contribution in [-0.2, 0) is 14.3 Å². The van der Waals surface area contributed by atoms with Crippen LogP contribution in [0.1, 0.15) is 71.8 Å². The van der Waals surface area contributed by atoms with Crippen LogP contribution in [0.25, 0.3) is 6.08 Å². The van der Waals surface area contributed by atoms with E-state index >= 15 is 4.39 Å². The smallest absolute Gasteiger partial charge is 0.371 e. The van der Waals surface area contributed by atoms with Gasteiger partial charge in [-0.3, -0.25) is 9.79 Å². The summed E-state index contributed by atoms with van der Waals surface area (Å²) < 4.78 is 54.6.